The van der Waals surface area contributed by atoms with E-state index >= 15 is 0 Å². The van der Waals surface area contributed by atoms with Gasteiger partial charge >= 0.3 is 0 Å². The number of piperidine rings is 1. The molecule has 7 nitrogen and oxygen atoms in total. The number of para-hydroxylation sites is 1. The zero-order valence-corrected chi connectivity index (χ0v) is 19.5. The average Bonchev–Trinajstić information content (AvgIpc) is 3.38. The summed E-state index contributed by atoms with van der Waals surface area (Å²) in [6.07, 6.45) is 6.03. The van der Waals surface area contributed by atoms with E-state index in [1.165, 1.54) is 61.3 Å². The summed E-state index contributed by atoms with van der Waals surface area (Å²) in [7, 11) is 0. The number of carbonyl (C=O) groups is 1. The highest BCUT2D eigenvalue weighted by Crippen LogP contribution is 2.42. The largest absolute Gasteiger partial charge is 0.341 e. The number of anilines is 3. The minimum absolute atomic E-state index is 0.216. The normalized spacial score (nSPS) is 16.4. The van der Waals surface area contributed by atoms with Gasteiger partial charge in [0, 0.05) is 37.2 Å². The Balaban J connectivity index is 1.33. The number of thioether (sulfide) groups is 1. The van der Waals surface area contributed by atoms with Crippen LogP contribution in [-0.2, 0) is 10.5 Å². The second-order valence-corrected chi connectivity index (χ2v) is 9.93. The third-order valence-electron chi connectivity index (χ3n) is 5.69. The third-order valence-corrected chi connectivity index (χ3v) is 7.54. The van der Waals surface area contributed by atoms with Crippen LogP contribution in [0.3, 0.4) is 0 Å². The predicted molar refractivity (Wildman–Crippen MR) is 125 cm³/mol. The van der Waals surface area contributed by atoms with Crippen molar-refractivity contribution >= 4 is 45.8 Å². The molecule has 3 heterocycles. The monoisotopic (exact) mass is 472 g/mol. The maximum atomic E-state index is 14.3. The molecule has 3 aromatic rings. The van der Waals surface area contributed by atoms with Crippen LogP contribution in [0.4, 0.5) is 21.2 Å². The molecular formula is C22H25FN6OS2. The lowest BCUT2D eigenvalue weighted by Crippen LogP contribution is -2.31. The Morgan fingerprint density at radius 2 is 2.00 bits per heavy atom. The minimum atomic E-state index is -0.448. The number of carbonyl (C=O) groups excluding carboxylic acids is 1. The summed E-state index contributed by atoms with van der Waals surface area (Å²) in [6.45, 7) is 3.51. The van der Waals surface area contributed by atoms with Gasteiger partial charge in [0.1, 0.15) is 5.82 Å². The number of benzene rings is 1. The van der Waals surface area contributed by atoms with Crippen LogP contribution in [0.25, 0.3) is 0 Å². The van der Waals surface area contributed by atoms with Crippen molar-refractivity contribution in [3.63, 3.8) is 0 Å². The molecule has 0 bridgehead atoms. The maximum Gasteiger partial charge on any atom is 0.230 e. The number of amides is 1. The maximum absolute atomic E-state index is 14.3. The van der Waals surface area contributed by atoms with Crippen LogP contribution in [0.2, 0.25) is 0 Å². The Bertz CT molecular complexity index is 1110. The van der Waals surface area contributed by atoms with E-state index in [0.717, 1.165) is 29.9 Å². The summed E-state index contributed by atoms with van der Waals surface area (Å²) in [5.41, 5.74) is 1.05. The topological polar surface area (TPSA) is 67.2 Å². The quantitative estimate of drug-likeness (QED) is 0.442. The molecule has 0 atom stereocenters. The van der Waals surface area contributed by atoms with Gasteiger partial charge in [0.15, 0.2) is 10.3 Å². The van der Waals surface area contributed by atoms with Crippen LogP contribution < -0.4 is 9.80 Å². The van der Waals surface area contributed by atoms with Gasteiger partial charge in [-0.15, -0.1) is 21.5 Å². The van der Waals surface area contributed by atoms with Crippen molar-refractivity contribution < 1.29 is 9.18 Å². The molecule has 1 amide bonds. The van der Waals surface area contributed by atoms with E-state index in [0.29, 0.717) is 16.9 Å². The number of hydrogen-bond donors (Lipinski definition) is 0. The van der Waals surface area contributed by atoms with E-state index < -0.39 is 5.82 Å². The van der Waals surface area contributed by atoms with Gasteiger partial charge in [-0.05, 0) is 44.2 Å². The fourth-order valence-electron chi connectivity index (χ4n) is 3.97. The van der Waals surface area contributed by atoms with E-state index in [1.54, 1.807) is 30.0 Å². The zero-order chi connectivity index (χ0) is 22.1. The summed E-state index contributed by atoms with van der Waals surface area (Å²) in [4.78, 5) is 20.6. The molecule has 10 heteroatoms. The van der Waals surface area contributed by atoms with Gasteiger partial charge in [-0.3, -0.25) is 14.3 Å². The van der Waals surface area contributed by atoms with Gasteiger partial charge in [0.05, 0.1) is 11.4 Å². The SMILES string of the molecule is CC(=O)N(c1nc(CSc2nnc(N3CCCCC3)n2C2CC2)cs1)c1ccccc1F. The van der Waals surface area contributed by atoms with Crippen LogP contribution in [0, 0.1) is 5.82 Å². The molecule has 1 aliphatic carbocycles. The predicted octanol–water partition coefficient (Wildman–Crippen LogP) is 5.18. The average molecular weight is 473 g/mol. The number of hydrogen-bond acceptors (Lipinski definition) is 7. The fraction of sp³-hybridized carbons (Fsp3) is 0.455. The molecule has 1 aliphatic heterocycles. The first-order valence-electron chi connectivity index (χ1n) is 10.9. The molecule has 1 aromatic carbocycles. The van der Waals surface area contributed by atoms with Crippen molar-refractivity contribution in [1.29, 1.82) is 0 Å². The molecule has 32 heavy (non-hydrogen) atoms. The van der Waals surface area contributed by atoms with Gasteiger partial charge in [-0.2, -0.15) is 0 Å². The van der Waals surface area contributed by atoms with Crippen molar-refractivity contribution in [2.24, 2.45) is 0 Å². The van der Waals surface area contributed by atoms with Gasteiger partial charge in [-0.25, -0.2) is 9.37 Å². The summed E-state index contributed by atoms with van der Waals surface area (Å²) in [5, 5.41) is 12.3. The molecular weight excluding hydrogens is 447 g/mol. The van der Waals surface area contributed by atoms with E-state index in [-0.39, 0.29) is 11.6 Å². The minimum Gasteiger partial charge on any atom is -0.341 e. The number of nitrogens with zero attached hydrogens (tertiary/aromatic N) is 6. The molecule has 2 aliphatic rings. The lowest BCUT2D eigenvalue weighted by molar-refractivity contribution is -0.115. The zero-order valence-electron chi connectivity index (χ0n) is 17.9. The van der Waals surface area contributed by atoms with E-state index in [9.17, 15) is 9.18 Å². The molecule has 1 saturated heterocycles. The lowest BCUT2D eigenvalue weighted by atomic mass is 10.1. The molecule has 168 valence electrons. The van der Waals surface area contributed by atoms with Crippen LogP contribution in [0.15, 0.2) is 34.8 Å². The first-order valence-corrected chi connectivity index (χ1v) is 12.8. The fourth-order valence-corrected chi connectivity index (χ4v) is 5.85. The highest BCUT2D eigenvalue weighted by Gasteiger charge is 2.32. The molecule has 1 saturated carbocycles. The standard InChI is InChI=1S/C22H25FN6OS2/c1-15(30)28(19-8-4-3-7-18(19)23)21-24-16(13-31-21)14-32-22-26-25-20(29(22)17-9-10-17)27-11-5-2-6-12-27/h3-4,7-8,13,17H,2,5-6,9-12,14H2,1H3. The molecule has 5 rings (SSSR count). The first kappa shape index (κ1) is 21.4. The molecule has 2 fully saturated rings. The van der Waals surface area contributed by atoms with Crippen LogP contribution in [0.1, 0.15) is 50.8 Å². The van der Waals surface area contributed by atoms with E-state index in [1.807, 2.05) is 5.38 Å². The molecule has 2 aromatic heterocycles. The molecule has 0 radical (unpaired) electrons. The lowest BCUT2D eigenvalue weighted by Gasteiger charge is -2.27. The summed E-state index contributed by atoms with van der Waals surface area (Å²) >= 11 is 2.95. The molecule has 0 spiro atoms. The highest BCUT2D eigenvalue weighted by molar-refractivity contribution is 7.98. The van der Waals surface area contributed by atoms with Crippen molar-refractivity contribution in [2.45, 2.75) is 56.0 Å². The number of halogens is 1. The van der Waals surface area contributed by atoms with Crippen molar-refractivity contribution in [1.82, 2.24) is 19.7 Å². The summed E-state index contributed by atoms with van der Waals surface area (Å²) in [5.74, 6) is 0.889. The summed E-state index contributed by atoms with van der Waals surface area (Å²) in [6, 6.07) is 6.75. The van der Waals surface area contributed by atoms with Gasteiger partial charge in [0.2, 0.25) is 11.9 Å². The summed E-state index contributed by atoms with van der Waals surface area (Å²) < 4.78 is 16.6. The first-order chi connectivity index (χ1) is 15.6. The van der Waals surface area contributed by atoms with Crippen molar-refractivity contribution in [3.05, 3.63) is 41.2 Å². The highest BCUT2D eigenvalue weighted by atomic mass is 32.2. The second kappa shape index (κ2) is 9.19. The Kier molecular flexibility index (Phi) is 6.14. The Morgan fingerprint density at radius 3 is 2.72 bits per heavy atom. The van der Waals surface area contributed by atoms with E-state index in [4.69, 9.17) is 0 Å². The van der Waals surface area contributed by atoms with Gasteiger partial charge in [-0.1, -0.05) is 23.9 Å². The number of aromatic nitrogens is 4. The van der Waals surface area contributed by atoms with Crippen LogP contribution in [-0.4, -0.2) is 38.7 Å². The van der Waals surface area contributed by atoms with Crippen LogP contribution in [0.5, 0.6) is 0 Å². The van der Waals surface area contributed by atoms with Crippen molar-refractivity contribution in [2.75, 3.05) is 22.9 Å². The smallest absolute Gasteiger partial charge is 0.230 e. The third kappa shape index (κ3) is 4.38. The number of thiazole rings is 1. The van der Waals surface area contributed by atoms with Gasteiger partial charge in [0.25, 0.3) is 0 Å². The molecule has 0 N–H and O–H groups in total. The van der Waals surface area contributed by atoms with Crippen molar-refractivity contribution in [3.8, 4) is 0 Å². The number of rotatable bonds is 7. The van der Waals surface area contributed by atoms with Gasteiger partial charge < -0.3 is 4.90 Å². The Morgan fingerprint density at radius 1 is 1.22 bits per heavy atom. The van der Waals surface area contributed by atoms with E-state index in [2.05, 4.69) is 24.6 Å². The van der Waals surface area contributed by atoms with Crippen LogP contribution >= 0.6 is 23.1 Å². The Labute approximate surface area is 194 Å². The Hall–Kier alpha value is -2.46. The molecule has 0 unspecified atom stereocenters. The second-order valence-electron chi connectivity index (χ2n) is 8.15.